The molecule has 1 aliphatic rings. The average Bonchev–Trinajstić information content (AvgIpc) is 3.10. The number of carboxylic acids is 1. The molecule has 0 saturated heterocycles. The third-order valence-electron chi connectivity index (χ3n) is 5.55. The number of carbonyl (C=O) groups is 3. The number of methoxy groups -OCH3 is 1. The van der Waals surface area contributed by atoms with Crippen LogP contribution in [0.2, 0.25) is 0 Å². The Morgan fingerprint density at radius 1 is 1.00 bits per heavy atom. The molecule has 0 fully saturated rings. The van der Waals surface area contributed by atoms with E-state index >= 15 is 0 Å². The first-order chi connectivity index (χ1) is 15.4. The van der Waals surface area contributed by atoms with Gasteiger partial charge in [-0.25, -0.2) is 4.79 Å². The van der Waals surface area contributed by atoms with Gasteiger partial charge in [-0.05, 0) is 28.7 Å². The maximum Gasteiger partial charge on any atom is 0.407 e. The number of carbonyl (C=O) groups excluding carboxylic acids is 2. The van der Waals surface area contributed by atoms with E-state index in [1.54, 1.807) is 6.92 Å². The highest BCUT2D eigenvalue weighted by Gasteiger charge is 2.30. The number of amides is 2. The van der Waals surface area contributed by atoms with Crippen LogP contribution in [0.4, 0.5) is 4.79 Å². The van der Waals surface area contributed by atoms with Gasteiger partial charge in [0, 0.05) is 19.1 Å². The van der Waals surface area contributed by atoms with Gasteiger partial charge in [-0.2, -0.15) is 0 Å². The molecule has 170 valence electrons. The van der Waals surface area contributed by atoms with Gasteiger partial charge in [0.25, 0.3) is 0 Å². The molecule has 32 heavy (non-hydrogen) atoms. The maximum atomic E-state index is 12.6. The van der Waals surface area contributed by atoms with Gasteiger partial charge in [0.05, 0.1) is 13.0 Å². The molecule has 1 aliphatic carbocycles. The SMILES string of the molecule is CC[C@@H](CC(=O)O)NC(=O)C(COC)NC(=O)OCC1c2ccccc2-c2ccccc21. The molecule has 0 aliphatic heterocycles. The molecular formula is C24H28N2O6. The van der Waals surface area contributed by atoms with Gasteiger partial charge in [0.2, 0.25) is 5.91 Å². The summed E-state index contributed by atoms with van der Waals surface area (Å²) in [6.45, 7) is 1.83. The molecular weight excluding hydrogens is 412 g/mol. The predicted molar refractivity (Wildman–Crippen MR) is 118 cm³/mol. The molecule has 3 N–H and O–H groups in total. The summed E-state index contributed by atoms with van der Waals surface area (Å²) in [6, 6.07) is 14.5. The number of rotatable bonds is 10. The molecule has 8 nitrogen and oxygen atoms in total. The third-order valence-corrected chi connectivity index (χ3v) is 5.55. The van der Waals surface area contributed by atoms with Crippen molar-refractivity contribution < 1.29 is 29.0 Å². The van der Waals surface area contributed by atoms with E-state index in [0.717, 1.165) is 22.3 Å². The number of fused-ring (bicyclic) bond motifs is 3. The Balaban J connectivity index is 1.62. The van der Waals surface area contributed by atoms with Crippen LogP contribution in [0.15, 0.2) is 48.5 Å². The number of benzene rings is 2. The van der Waals surface area contributed by atoms with Crippen LogP contribution in [0.5, 0.6) is 0 Å². The Morgan fingerprint density at radius 3 is 2.12 bits per heavy atom. The van der Waals surface area contributed by atoms with Gasteiger partial charge in [-0.3, -0.25) is 9.59 Å². The molecule has 0 saturated carbocycles. The smallest absolute Gasteiger partial charge is 0.407 e. The minimum absolute atomic E-state index is 0.0699. The van der Waals surface area contributed by atoms with E-state index < -0.39 is 30.1 Å². The van der Waals surface area contributed by atoms with Gasteiger partial charge in [0.15, 0.2) is 0 Å². The molecule has 0 aromatic heterocycles. The average molecular weight is 440 g/mol. The number of ether oxygens (including phenoxy) is 2. The van der Waals surface area contributed by atoms with E-state index in [9.17, 15) is 14.4 Å². The summed E-state index contributed by atoms with van der Waals surface area (Å²) < 4.78 is 10.5. The standard InChI is InChI=1S/C24H28N2O6/c1-3-15(12-22(27)28)25-23(29)21(14-31-2)26-24(30)32-13-20-18-10-6-4-8-16(18)17-9-5-7-11-19(17)20/h4-11,15,20-21H,3,12-14H2,1-2H3,(H,25,29)(H,26,30)(H,27,28)/t15-,21?/m0/s1. The molecule has 2 amide bonds. The lowest BCUT2D eigenvalue weighted by molar-refractivity contribution is -0.137. The molecule has 2 aromatic carbocycles. The first kappa shape index (κ1) is 23.3. The van der Waals surface area contributed by atoms with Crippen molar-refractivity contribution in [2.24, 2.45) is 0 Å². The van der Waals surface area contributed by atoms with Crippen LogP contribution in [0.1, 0.15) is 36.8 Å². The Bertz CT molecular complexity index is 931. The molecule has 3 rings (SSSR count). The van der Waals surface area contributed by atoms with E-state index in [1.807, 2.05) is 36.4 Å². The van der Waals surface area contributed by atoms with Gasteiger partial charge in [-0.15, -0.1) is 0 Å². The Morgan fingerprint density at radius 2 is 1.59 bits per heavy atom. The highest BCUT2D eigenvalue weighted by Crippen LogP contribution is 2.44. The van der Waals surface area contributed by atoms with Gasteiger partial charge < -0.3 is 25.2 Å². The maximum absolute atomic E-state index is 12.6. The van der Waals surface area contributed by atoms with E-state index in [4.69, 9.17) is 14.6 Å². The van der Waals surface area contributed by atoms with Crippen molar-refractivity contribution in [1.29, 1.82) is 0 Å². The minimum Gasteiger partial charge on any atom is -0.481 e. The zero-order chi connectivity index (χ0) is 23.1. The van der Waals surface area contributed by atoms with Crippen LogP contribution < -0.4 is 10.6 Å². The molecule has 2 atom stereocenters. The summed E-state index contributed by atoms with van der Waals surface area (Å²) in [5.74, 6) is -1.62. The van der Waals surface area contributed by atoms with Crippen molar-refractivity contribution in [1.82, 2.24) is 10.6 Å². The minimum atomic E-state index is -1.01. The van der Waals surface area contributed by atoms with Crippen molar-refractivity contribution in [3.8, 4) is 11.1 Å². The first-order valence-electron chi connectivity index (χ1n) is 10.6. The first-order valence-corrected chi connectivity index (χ1v) is 10.6. The van der Waals surface area contributed by atoms with Crippen molar-refractivity contribution in [2.75, 3.05) is 20.3 Å². The monoisotopic (exact) mass is 440 g/mol. The second-order valence-electron chi connectivity index (χ2n) is 7.69. The number of nitrogens with one attached hydrogen (secondary N) is 2. The summed E-state index contributed by atoms with van der Waals surface area (Å²) in [5, 5.41) is 14.1. The molecule has 2 aromatic rings. The lowest BCUT2D eigenvalue weighted by Crippen LogP contribution is -2.52. The van der Waals surface area contributed by atoms with E-state index in [1.165, 1.54) is 7.11 Å². The summed E-state index contributed by atoms with van der Waals surface area (Å²) in [4.78, 5) is 36.0. The molecule has 0 spiro atoms. The van der Waals surface area contributed by atoms with Crippen LogP contribution >= 0.6 is 0 Å². The second-order valence-corrected chi connectivity index (χ2v) is 7.69. The highest BCUT2D eigenvalue weighted by atomic mass is 16.5. The summed E-state index contributed by atoms with van der Waals surface area (Å²) in [5.41, 5.74) is 4.43. The molecule has 1 unspecified atom stereocenters. The Hall–Kier alpha value is -3.39. The van der Waals surface area contributed by atoms with Gasteiger partial charge in [0.1, 0.15) is 12.6 Å². The highest BCUT2D eigenvalue weighted by molar-refractivity contribution is 5.86. The van der Waals surface area contributed by atoms with Crippen LogP contribution in [-0.2, 0) is 19.1 Å². The van der Waals surface area contributed by atoms with Crippen molar-refractivity contribution >= 4 is 18.0 Å². The zero-order valence-electron chi connectivity index (χ0n) is 18.2. The van der Waals surface area contributed by atoms with Crippen LogP contribution in [0.3, 0.4) is 0 Å². The molecule has 8 heteroatoms. The van der Waals surface area contributed by atoms with Crippen molar-refractivity contribution in [3.63, 3.8) is 0 Å². The number of aliphatic carboxylic acids is 1. The van der Waals surface area contributed by atoms with Gasteiger partial charge >= 0.3 is 12.1 Å². The van der Waals surface area contributed by atoms with Crippen molar-refractivity contribution in [3.05, 3.63) is 59.7 Å². The third kappa shape index (κ3) is 5.45. The quantitative estimate of drug-likeness (QED) is 0.524. The fourth-order valence-electron chi connectivity index (χ4n) is 3.94. The van der Waals surface area contributed by atoms with Crippen LogP contribution in [0.25, 0.3) is 11.1 Å². The fraction of sp³-hybridized carbons (Fsp3) is 0.375. The number of alkyl carbamates (subject to hydrolysis) is 1. The zero-order valence-corrected chi connectivity index (χ0v) is 18.2. The van der Waals surface area contributed by atoms with Crippen molar-refractivity contribution in [2.45, 2.75) is 37.8 Å². The Labute approximate surface area is 186 Å². The normalized spacial score (nSPS) is 14.1. The topological polar surface area (TPSA) is 114 Å². The summed E-state index contributed by atoms with van der Waals surface area (Å²) in [6.07, 6.45) is -0.495. The van der Waals surface area contributed by atoms with E-state index in [2.05, 4.69) is 22.8 Å². The largest absolute Gasteiger partial charge is 0.481 e. The second kappa shape index (κ2) is 10.8. The molecule has 0 heterocycles. The molecule has 0 bridgehead atoms. The van der Waals surface area contributed by atoms with E-state index in [-0.39, 0.29) is 25.6 Å². The Kier molecular flexibility index (Phi) is 7.83. The lowest BCUT2D eigenvalue weighted by atomic mass is 9.98. The van der Waals surface area contributed by atoms with Crippen LogP contribution in [0, 0.1) is 0 Å². The lowest BCUT2D eigenvalue weighted by Gasteiger charge is -2.22. The number of hydrogen-bond acceptors (Lipinski definition) is 5. The fourth-order valence-corrected chi connectivity index (χ4v) is 3.94. The molecule has 0 radical (unpaired) electrons. The number of hydrogen-bond donors (Lipinski definition) is 3. The predicted octanol–water partition coefficient (Wildman–Crippen LogP) is 2.91. The van der Waals surface area contributed by atoms with E-state index in [0.29, 0.717) is 6.42 Å². The summed E-state index contributed by atoms with van der Waals surface area (Å²) in [7, 11) is 1.41. The van der Waals surface area contributed by atoms with Crippen LogP contribution in [-0.4, -0.2) is 55.5 Å². The van der Waals surface area contributed by atoms with Gasteiger partial charge in [-0.1, -0.05) is 55.5 Å². The summed E-state index contributed by atoms with van der Waals surface area (Å²) >= 11 is 0. The number of carboxylic acid groups (broad SMARTS) is 1.